The van der Waals surface area contributed by atoms with Crippen molar-refractivity contribution in [3.05, 3.63) is 64.7 Å². The van der Waals surface area contributed by atoms with Gasteiger partial charge in [-0.3, -0.25) is 14.2 Å². The minimum Gasteiger partial charge on any atom is -0.380 e. The first-order chi connectivity index (χ1) is 14.6. The Kier molecular flexibility index (Phi) is 7.98. The van der Waals surface area contributed by atoms with Crippen molar-refractivity contribution in [2.45, 2.75) is 24.9 Å². The molecule has 0 saturated carbocycles. The molecule has 0 fully saturated rings. The largest absolute Gasteiger partial charge is 0.380 e. The lowest BCUT2D eigenvalue weighted by molar-refractivity contribution is -0.118. The molecule has 1 N–H and O–H groups in total. The van der Waals surface area contributed by atoms with E-state index in [1.807, 2.05) is 0 Å². The molecule has 0 aliphatic carbocycles. The van der Waals surface area contributed by atoms with E-state index in [0.29, 0.717) is 41.5 Å². The molecule has 1 heterocycles. The van der Waals surface area contributed by atoms with Crippen molar-refractivity contribution in [2.24, 2.45) is 0 Å². The number of para-hydroxylation sites is 1. The molecule has 2 aromatic carbocycles. The Morgan fingerprint density at radius 3 is 2.70 bits per heavy atom. The van der Waals surface area contributed by atoms with Crippen LogP contribution in [0.5, 0.6) is 0 Å². The van der Waals surface area contributed by atoms with E-state index in [1.54, 1.807) is 24.3 Å². The Hall–Kier alpha value is -2.71. The van der Waals surface area contributed by atoms with Crippen molar-refractivity contribution < 1.29 is 13.9 Å². The molecular weight excluding hydrogens is 405 g/mol. The number of rotatable bonds is 10. The molecule has 0 aliphatic heterocycles. The zero-order valence-corrected chi connectivity index (χ0v) is 17.6. The van der Waals surface area contributed by atoms with Gasteiger partial charge < -0.3 is 10.1 Å². The minimum atomic E-state index is -0.393. The van der Waals surface area contributed by atoms with Gasteiger partial charge in [0.05, 0.1) is 29.0 Å². The summed E-state index contributed by atoms with van der Waals surface area (Å²) in [5.41, 5.74) is 0.777. The summed E-state index contributed by atoms with van der Waals surface area (Å²) in [6.07, 6.45) is 2.07. The number of unbranched alkanes of at least 4 members (excludes halogenated alkanes) is 1. The highest BCUT2D eigenvalue weighted by Crippen LogP contribution is 2.21. The van der Waals surface area contributed by atoms with Crippen LogP contribution in [0.4, 0.5) is 4.39 Å². The Morgan fingerprint density at radius 2 is 1.93 bits per heavy atom. The Morgan fingerprint density at radius 1 is 1.17 bits per heavy atom. The fraction of sp³-hybridized carbons (Fsp3) is 0.318. The van der Waals surface area contributed by atoms with E-state index < -0.39 is 5.82 Å². The number of hydrogen-bond acceptors (Lipinski definition) is 5. The highest BCUT2D eigenvalue weighted by molar-refractivity contribution is 7.99. The van der Waals surface area contributed by atoms with Crippen LogP contribution in [0.1, 0.15) is 19.8 Å². The summed E-state index contributed by atoms with van der Waals surface area (Å²) in [6.45, 7) is 3.67. The van der Waals surface area contributed by atoms with Gasteiger partial charge in [-0.25, -0.2) is 9.37 Å². The average Bonchev–Trinajstić information content (AvgIpc) is 2.76. The third-order valence-electron chi connectivity index (χ3n) is 4.37. The van der Waals surface area contributed by atoms with Crippen molar-refractivity contribution >= 4 is 28.6 Å². The zero-order chi connectivity index (χ0) is 21.3. The SMILES string of the molecule is CCCCOCCNC(=O)CSc1nc2ccccc2c(=O)n1-c1ccc(F)cc1. The number of amides is 1. The number of ether oxygens (including phenoxy) is 1. The van der Waals surface area contributed by atoms with E-state index in [9.17, 15) is 14.0 Å². The van der Waals surface area contributed by atoms with Crippen molar-refractivity contribution in [1.29, 1.82) is 0 Å². The summed E-state index contributed by atoms with van der Waals surface area (Å²) in [6, 6.07) is 12.6. The van der Waals surface area contributed by atoms with E-state index >= 15 is 0 Å². The average molecular weight is 430 g/mol. The molecule has 3 aromatic rings. The molecule has 0 radical (unpaired) electrons. The van der Waals surface area contributed by atoms with E-state index in [0.717, 1.165) is 24.6 Å². The normalized spacial score (nSPS) is 11.0. The van der Waals surface area contributed by atoms with Gasteiger partial charge in [0.1, 0.15) is 5.82 Å². The highest BCUT2D eigenvalue weighted by Gasteiger charge is 2.14. The summed E-state index contributed by atoms with van der Waals surface area (Å²) in [7, 11) is 0. The summed E-state index contributed by atoms with van der Waals surface area (Å²) >= 11 is 1.16. The number of nitrogens with one attached hydrogen (secondary N) is 1. The van der Waals surface area contributed by atoms with Gasteiger partial charge in [0, 0.05) is 13.2 Å². The van der Waals surface area contributed by atoms with E-state index in [4.69, 9.17) is 4.74 Å². The Bertz CT molecular complexity index is 1050. The quantitative estimate of drug-likeness (QED) is 0.303. The molecule has 30 heavy (non-hydrogen) atoms. The molecule has 8 heteroatoms. The summed E-state index contributed by atoms with van der Waals surface area (Å²) in [5.74, 6) is -0.469. The molecule has 3 rings (SSSR count). The highest BCUT2D eigenvalue weighted by atomic mass is 32.2. The number of aromatic nitrogens is 2. The minimum absolute atomic E-state index is 0.0981. The fourth-order valence-electron chi connectivity index (χ4n) is 2.82. The number of nitrogens with zero attached hydrogens (tertiary/aromatic N) is 2. The molecule has 6 nitrogen and oxygen atoms in total. The first-order valence-electron chi connectivity index (χ1n) is 9.85. The smallest absolute Gasteiger partial charge is 0.266 e. The van der Waals surface area contributed by atoms with Crippen LogP contribution in [0, 0.1) is 5.82 Å². The van der Waals surface area contributed by atoms with E-state index in [-0.39, 0.29) is 17.2 Å². The van der Waals surface area contributed by atoms with Crippen LogP contribution in [-0.2, 0) is 9.53 Å². The number of hydrogen-bond donors (Lipinski definition) is 1. The van der Waals surface area contributed by atoms with Crippen LogP contribution in [0.15, 0.2) is 58.5 Å². The predicted molar refractivity (Wildman–Crippen MR) is 117 cm³/mol. The van der Waals surface area contributed by atoms with Crippen molar-refractivity contribution in [2.75, 3.05) is 25.5 Å². The molecule has 0 spiro atoms. The molecule has 0 unspecified atom stereocenters. The topological polar surface area (TPSA) is 73.2 Å². The molecule has 0 saturated heterocycles. The third kappa shape index (κ3) is 5.67. The molecule has 0 atom stereocenters. The number of thioether (sulfide) groups is 1. The van der Waals surface area contributed by atoms with Crippen molar-refractivity contribution in [1.82, 2.24) is 14.9 Å². The van der Waals surface area contributed by atoms with Gasteiger partial charge in [-0.15, -0.1) is 0 Å². The van der Waals surface area contributed by atoms with Gasteiger partial charge >= 0.3 is 0 Å². The Labute approximate surface area is 178 Å². The van der Waals surface area contributed by atoms with Gasteiger partial charge in [0.2, 0.25) is 5.91 Å². The first kappa shape index (κ1) is 22.0. The fourth-order valence-corrected chi connectivity index (χ4v) is 3.66. The number of carbonyl (C=O) groups is 1. The van der Waals surface area contributed by atoms with Crippen LogP contribution >= 0.6 is 11.8 Å². The maximum absolute atomic E-state index is 13.4. The lowest BCUT2D eigenvalue weighted by atomic mass is 10.2. The first-order valence-corrected chi connectivity index (χ1v) is 10.8. The summed E-state index contributed by atoms with van der Waals surface area (Å²) in [5, 5.41) is 3.63. The molecular formula is C22H24FN3O3S. The van der Waals surface area contributed by atoms with Crippen LogP contribution in [0.2, 0.25) is 0 Å². The molecule has 1 amide bonds. The van der Waals surface area contributed by atoms with Gasteiger partial charge in [0.25, 0.3) is 5.56 Å². The van der Waals surface area contributed by atoms with Gasteiger partial charge in [-0.2, -0.15) is 0 Å². The lowest BCUT2D eigenvalue weighted by Crippen LogP contribution is -2.29. The number of halogens is 1. The molecule has 1 aromatic heterocycles. The van der Waals surface area contributed by atoms with E-state index in [2.05, 4.69) is 17.2 Å². The second-order valence-corrected chi connectivity index (χ2v) is 7.58. The van der Waals surface area contributed by atoms with Gasteiger partial charge in [-0.1, -0.05) is 37.2 Å². The predicted octanol–water partition coefficient (Wildman–Crippen LogP) is 3.55. The maximum Gasteiger partial charge on any atom is 0.266 e. The van der Waals surface area contributed by atoms with Crippen molar-refractivity contribution in [3.63, 3.8) is 0 Å². The standard InChI is InChI=1S/C22H24FN3O3S/c1-2-3-13-29-14-12-24-20(27)15-30-22-25-19-7-5-4-6-18(19)21(28)26(22)17-10-8-16(23)9-11-17/h4-11H,2-3,12-15H2,1H3,(H,24,27). The number of fused-ring (bicyclic) bond motifs is 1. The summed E-state index contributed by atoms with van der Waals surface area (Å²) in [4.78, 5) is 29.8. The molecule has 0 aliphatic rings. The van der Waals surface area contributed by atoms with Gasteiger partial charge in [0.15, 0.2) is 5.16 Å². The molecule has 158 valence electrons. The van der Waals surface area contributed by atoms with Gasteiger partial charge in [-0.05, 0) is 42.8 Å². The van der Waals surface area contributed by atoms with E-state index in [1.165, 1.54) is 28.8 Å². The van der Waals surface area contributed by atoms with Crippen LogP contribution in [0.25, 0.3) is 16.6 Å². The monoisotopic (exact) mass is 429 g/mol. The summed E-state index contributed by atoms with van der Waals surface area (Å²) < 4.78 is 20.2. The third-order valence-corrected chi connectivity index (χ3v) is 5.31. The lowest BCUT2D eigenvalue weighted by Gasteiger charge is -2.13. The van der Waals surface area contributed by atoms with Crippen molar-refractivity contribution in [3.8, 4) is 5.69 Å². The molecule has 0 bridgehead atoms. The second-order valence-electron chi connectivity index (χ2n) is 6.63. The maximum atomic E-state index is 13.4. The zero-order valence-electron chi connectivity index (χ0n) is 16.8. The number of carbonyl (C=O) groups excluding carboxylic acids is 1. The van der Waals surface area contributed by atoms with Crippen LogP contribution in [-0.4, -0.2) is 41.0 Å². The number of benzene rings is 2. The Balaban J connectivity index is 1.76. The second kappa shape index (κ2) is 10.9. The van der Waals surface area contributed by atoms with Crippen LogP contribution in [0.3, 0.4) is 0 Å². The van der Waals surface area contributed by atoms with Crippen LogP contribution < -0.4 is 10.9 Å².